The molecule has 0 radical (unpaired) electrons. The van der Waals surface area contributed by atoms with Crippen molar-refractivity contribution in [3.63, 3.8) is 0 Å². The minimum absolute atomic E-state index is 0.00139. The van der Waals surface area contributed by atoms with Crippen LogP contribution in [-0.4, -0.2) is 43.8 Å². The molecule has 0 aromatic heterocycles. The van der Waals surface area contributed by atoms with Gasteiger partial charge >= 0.3 is 0 Å². The van der Waals surface area contributed by atoms with Crippen LogP contribution in [0, 0.1) is 5.92 Å². The van der Waals surface area contributed by atoms with E-state index >= 15 is 0 Å². The maximum absolute atomic E-state index is 5.90. The van der Waals surface area contributed by atoms with Crippen molar-refractivity contribution in [2.75, 3.05) is 33.4 Å². The Balaban J connectivity index is 2.42. The fourth-order valence-electron chi connectivity index (χ4n) is 2.45. The van der Waals surface area contributed by atoms with Crippen LogP contribution >= 0.6 is 0 Å². The smallest absolute Gasteiger partial charge is 0.0659 e. The van der Waals surface area contributed by atoms with Gasteiger partial charge in [0.25, 0.3) is 0 Å². The molecule has 0 amide bonds. The van der Waals surface area contributed by atoms with Crippen molar-refractivity contribution in [2.24, 2.45) is 11.7 Å². The van der Waals surface area contributed by atoms with Crippen LogP contribution in [0.4, 0.5) is 0 Å². The van der Waals surface area contributed by atoms with Crippen molar-refractivity contribution < 1.29 is 4.74 Å². The minimum atomic E-state index is -0.00139. The molecule has 3 nitrogen and oxygen atoms in total. The van der Waals surface area contributed by atoms with Crippen molar-refractivity contribution >= 4 is 0 Å². The molecule has 16 heavy (non-hydrogen) atoms. The van der Waals surface area contributed by atoms with Gasteiger partial charge in [-0.25, -0.2) is 0 Å². The van der Waals surface area contributed by atoms with E-state index in [9.17, 15) is 0 Å². The second-order valence-corrected chi connectivity index (χ2v) is 5.37. The predicted molar refractivity (Wildman–Crippen MR) is 68.5 cm³/mol. The molecule has 0 aromatic rings. The molecule has 0 heterocycles. The van der Waals surface area contributed by atoms with Crippen molar-refractivity contribution in [2.45, 2.75) is 45.1 Å². The summed E-state index contributed by atoms with van der Waals surface area (Å²) in [5.74, 6) is 0.873. The first-order valence-corrected chi connectivity index (χ1v) is 6.61. The average molecular weight is 228 g/mol. The van der Waals surface area contributed by atoms with E-state index < -0.39 is 0 Å². The molecule has 1 fully saturated rings. The van der Waals surface area contributed by atoms with Gasteiger partial charge in [-0.05, 0) is 39.7 Å². The summed E-state index contributed by atoms with van der Waals surface area (Å²) in [5.41, 5.74) is 5.90. The number of nitrogens with two attached hydrogens (primary N) is 1. The SMILES string of the molecule is CCOCC(C)(CN)N(C)CC1CCCC1. The quantitative estimate of drug-likeness (QED) is 0.723. The largest absolute Gasteiger partial charge is 0.380 e. The third kappa shape index (κ3) is 3.72. The Morgan fingerprint density at radius 2 is 2.00 bits per heavy atom. The third-order valence-electron chi connectivity index (χ3n) is 3.99. The number of rotatable bonds is 7. The monoisotopic (exact) mass is 228 g/mol. The van der Waals surface area contributed by atoms with E-state index in [1.807, 2.05) is 6.92 Å². The maximum atomic E-state index is 5.90. The van der Waals surface area contributed by atoms with Gasteiger partial charge in [-0.15, -0.1) is 0 Å². The molecular formula is C13H28N2O. The molecule has 0 aliphatic heterocycles. The fraction of sp³-hybridized carbons (Fsp3) is 1.00. The van der Waals surface area contributed by atoms with Crippen LogP contribution < -0.4 is 5.73 Å². The highest BCUT2D eigenvalue weighted by atomic mass is 16.5. The van der Waals surface area contributed by atoms with E-state index in [0.29, 0.717) is 6.54 Å². The fourth-order valence-corrected chi connectivity index (χ4v) is 2.45. The summed E-state index contributed by atoms with van der Waals surface area (Å²) in [4.78, 5) is 2.40. The van der Waals surface area contributed by atoms with Gasteiger partial charge in [-0.3, -0.25) is 4.90 Å². The van der Waals surface area contributed by atoms with E-state index in [4.69, 9.17) is 10.5 Å². The second-order valence-electron chi connectivity index (χ2n) is 5.37. The molecular weight excluding hydrogens is 200 g/mol. The molecule has 1 aliphatic rings. The molecule has 1 saturated carbocycles. The molecule has 1 atom stereocenters. The Bertz CT molecular complexity index is 192. The maximum Gasteiger partial charge on any atom is 0.0659 e. The van der Waals surface area contributed by atoms with Crippen molar-refractivity contribution in [3.8, 4) is 0 Å². The van der Waals surface area contributed by atoms with Crippen molar-refractivity contribution in [3.05, 3.63) is 0 Å². The van der Waals surface area contributed by atoms with Gasteiger partial charge in [-0.2, -0.15) is 0 Å². The highest BCUT2D eigenvalue weighted by Crippen LogP contribution is 2.27. The molecule has 0 saturated heterocycles. The normalized spacial score (nSPS) is 21.6. The van der Waals surface area contributed by atoms with Crippen LogP contribution in [0.5, 0.6) is 0 Å². The Morgan fingerprint density at radius 3 is 2.50 bits per heavy atom. The van der Waals surface area contributed by atoms with Gasteiger partial charge in [-0.1, -0.05) is 12.8 Å². The molecule has 0 bridgehead atoms. The van der Waals surface area contributed by atoms with Crippen molar-refractivity contribution in [1.29, 1.82) is 0 Å². The summed E-state index contributed by atoms with van der Waals surface area (Å²) in [6.07, 6.45) is 5.59. The topological polar surface area (TPSA) is 38.5 Å². The lowest BCUT2D eigenvalue weighted by Gasteiger charge is -2.39. The zero-order chi connectivity index (χ0) is 12.0. The zero-order valence-corrected chi connectivity index (χ0v) is 11.2. The van der Waals surface area contributed by atoms with E-state index in [1.165, 1.54) is 32.2 Å². The summed E-state index contributed by atoms with van der Waals surface area (Å²) in [5, 5.41) is 0. The summed E-state index contributed by atoms with van der Waals surface area (Å²) in [6, 6.07) is 0. The first kappa shape index (κ1) is 13.9. The molecule has 3 heteroatoms. The summed E-state index contributed by atoms with van der Waals surface area (Å²) >= 11 is 0. The number of nitrogens with zero attached hydrogens (tertiary/aromatic N) is 1. The zero-order valence-electron chi connectivity index (χ0n) is 11.2. The van der Waals surface area contributed by atoms with Gasteiger partial charge in [0.1, 0.15) is 0 Å². The number of ether oxygens (including phenoxy) is 1. The van der Waals surface area contributed by atoms with Crippen molar-refractivity contribution in [1.82, 2.24) is 4.90 Å². The van der Waals surface area contributed by atoms with Crippen LogP contribution in [0.3, 0.4) is 0 Å². The standard InChI is InChI=1S/C13H28N2O/c1-4-16-11-13(2,10-14)15(3)9-12-7-5-6-8-12/h12H,4-11,14H2,1-3H3. The van der Waals surface area contributed by atoms with Gasteiger partial charge in [0.05, 0.1) is 12.1 Å². The van der Waals surface area contributed by atoms with Crippen LogP contribution in [0.15, 0.2) is 0 Å². The highest BCUT2D eigenvalue weighted by molar-refractivity contribution is 4.87. The Kier molecular flexibility index (Phi) is 5.73. The second kappa shape index (κ2) is 6.58. The Hall–Kier alpha value is -0.120. The molecule has 1 rings (SSSR count). The Morgan fingerprint density at radius 1 is 1.38 bits per heavy atom. The van der Waals surface area contributed by atoms with Gasteiger partial charge in [0, 0.05) is 19.7 Å². The molecule has 96 valence electrons. The first-order chi connectivity index (χ1) is 7.62. The minimum Gasteiger partial charge on any atom is -0.380 e. The number of hydrogen-bond acceptors (Lipinski definition) is 3. The van der Waals surface area contributed by atoms with Gasteiger partial charge < -0.3 is 10.5 Å². The molecule has 0 spiro atoms. The summed E-state index contributed by atoms with van der Waals surface area (Å²) < 4.78 is 5.55. The molecule has 1 aliphatic carbocycles. The lowest BCUT2D eigenvalue weighted by atomic mass is 9.99. The molecule has 2 N–H and O–H groups in total. The number of likely N-dealkylation sites (N-methyl/N-ethyl adjacent to an activating group) is 1. The number of hydrogen-bond donors (Lipinski definition) is 1. The van der Waals surface area contributed by atoms with Crippen LogP contribution in [-0.2, 0) is 4.74 Å². The predicted octanol–water partition coefficient (Wildman–Crippen LogP) is 1.86. The first-order valence-electron chi connectivity index (χ1n) is 6.61. The van der Waals surface area contributed by atoms with E-state index in [-0.39, 0.29) is 5.54 Å². The van der Waals surface area contributed by atoms with Crippen LogP contribution in [0.1, 0.15) is 39.5 Å². The molecule has 1 unspecified atom stereocenters. The van der Waals surface area contributed by atoms with Crippen LogP contribution in [0.2, 0.25) is 0 Å². The highest BCUT2D eigenvalue weighted by Gasteiger charge is 2.30. The summed E-state index contributed by atoms with van der Waals surface area (Å²) in [7, 11) is 2.18. The Labute approximate surface area is 100 Å². The summed E-state index contributed by atoms with van der Waals surface area (Å²) in [6.45, 7) is 7.58. The van der Waals surface area contributed by atoms with Crippen LogP contribution in [0.25, 0.3) is 0 Å². The van der Waals surface area contributed by atoms with E-state index in [0.717, 1.165) is 19.1 Å². The third-order valence-corrected chi connectivity index (χ3v) is 3.99. The van der Waals surface area contributed by atoms with E-state index in [1.54, 1.807) is 0 Å². The lowest BCUT2D eigenvalue weighted by molar-refractivity contribution is 0.0173. The van der Waals surface area contributed by atoms with E-state index in [2.05, 4.69) is 18.9 Å². The van der Waals surface area contributed by atoms with Gasteiger partial charge in [0.2, 0.25) is 0 Å². The molecule has 0 aromatic carbocycles. The van der Waals surface area contributed by atoms with Gasteiger partial charge in [0.15, 0.2) is 0 Å². The average Bonchev–Trinajstić information content (AvgIpc) is 2.78. The lowest BCUT2D eigenvalue weighted by Crippen LogP contribution is -2.54.